The summed E-state index contributed by atoms with van der Waals surface area (Å²) in [6, 6.07) is 9.40. The summed E-state index contributed by atoms with van der Waals surface area (Å²) in [5, 5.41) is 14.3. The Morgan fingerprint density at radius 3 is 2.76 bits per heavy atom. The number of carbonyl (C=O) groups excluding carboxylic acids is 1. The maximum absolute atomic E-state index is 12.7. The van der Waals surface area contributed by atoms with Crippen LogP contribution in [0.25, 0.3) is 0 Å². The van der Waals surface area contributed by atoms with E-state index in [2.05, 4.69) is 20.2 Å². The Kier molecular flexibility index (Phi) is 5.63. The molecule has 2 aliphatic heterocycles. The molecule has 2 fully saturated rings. The first kappa shape index (κ1) is 19.9. The summed E-state index contributed by atoms with van der Waals surface area (Å²) in [4.78, 5) is 23.4. The molecule has 7 heteroatoms. The minimum absolute atomic E-state index is 0.218. The van der Waals surface area contributed by atoms with Crippen LogP contribution in [0.4, 0.5) is 0 Å². The molecule has 2 N–H and O–H groups in total. The predicted octanol–water partition coefficient (Wildman–Crippen LogP) is 1.78. The van der Waals surface area contributed by atoms with E-state index in [1.807, 2.05) is 31.3 Å². The number of amides is 1. The van der Waals surface area contributed by atoms with Crippen LogP contribution in [0.2, 0.25) is 0 Å². The number of nitrogens with zero attached hydrogens (tertiary/aromatic N) is 3. The van der Waals surface area contributed by atoms with E-state index in [9.17, 15) is 9.90 Å². The van der Waals surface area contributed by atoms with Crippen molar-refractivity contribution in [1.29, 1.82) is 0 Å². The van der Waals surface area contributed by atoms with Crippen molar-refractivity contribution in [2.45, 2.75) is 50.0 Å². The highest BCUT2D eigenvalue weighted by Gasteiger charge is 2.53. The van der Waals surface area contributed by atoms with Crippen LogP contribution in [0.15, 0.2) is 48.9 Å². The molecule has 0 unspecified atom stereocenters. The molecule has 0 saturated carbocycles. The molecule has 4 heterocycles. The summed E-state index contributed by atoms with van der Waals surface area (Å²) in [6.07, 6.45) is 6.22. The Morgan fingerprint density at radius 2 is 2.07 bits per heavy atom. The number of hydrogen-bond donors (Lipinski definition) is 2. The van der Waals surface area contributed by atoms with Gasteiger partial charge in [-0.05, 0) is 50.5 Å². The maximum atomic E-state index is 12.7. The second kappa shape index (κ2) is 8.18. The van der Waals surface area contributed by atoms with Gasteiger partial charge in [-0.15, -0.1) is 0 Å². The minimum atomic E-state index is -0.777. The number of pyridine rings is 2. The van der Waals surface area contributed by atoms with Gasteiger partial charge in [0.15, 0.2) is 0 Å². The monoisotopic (exact) mass is 396 g/mol. The number of ether oxygens (including phenoxy) is 1. The fourth-order valence-electron chi connectivity index (χ4n) is 4.45. The van der Waals surface area contributed by atoms with Crippen molar-refractivity contribution < 1.29 is 14.6 Å². The molecule has 7 nitrogen and oxygen atoms in total. The third-order valence-corrected chi connectivity index (χ3v) is 6.25. The normalized spacial score (nSPS) is 26.9. The second-order valence-electron chi connectivity index (χ2n) is 8.28. The summed E-state index contributed by atoms with van der Waals surface area (Å²) in [6.45, 7) is 4.86. The van der Waals surface area contributed by atoms with Gasteiger partial charge in [-0.1, -0.05) is 6.07 Å². The number of piperidine rings is 1. The van der Waals surface area contributed by atoms with Crippen LogP contribution in [0, 0.1) is 0 Å². The molecular formula is C22H28N4O3. The quantitative estimate of drug-likeness (QED) is 0.819. The minimum Gasteiger partial charge on any atom is -0.388 e. The molecule has 0 bridgehead atoms. The summed E-state index contributed by atoms with van der Waals surface area (Å²) >= 11 is 0. The Labute approximate surface area is 171 Å². The lowest BCUT2D eigenvalue weighted by molar-refractivity contribution is -0.206. The van der Waals surface area contributed by atoms with Crippen molar-refractivity contribution in [1.82, 2.24) is 20.2 Å². The van der Waals surface area contributed by atoms with Gasteiger partial charge in [0.25, 0.3) is 5.91 Å². The van der Waals surface area contributed by atoms with Gasteiger partial charge in [0.1, 0.15) is 6.10 Å². The molecule has 0 aromatic carbocycles. The van der Waals surface area contributed by atoms with Gasteiger partial charge < -0.3 is 15.2 Å². The molecule has 154 valence electrons. The van der Waals surface area contributed by atoms with Crippen LogP contribution in [0.3, 0.4) is 0 Å². The molecule has 2 aromatic heterocycles. The van der Waals surface area contributed by atoms with E-state index in [4.69, 9.17) is 4.74 Å². The lowest BCUT2D eigenvalue weighted by Crippen LogP contribution is -2.69. The van der Waals surface area contributed by atoms with E-state index >= 15 is 0 Å². The summed E-state index contributed by atoms with van der Waals surface area (Å²) in [5.41, 5.74) is 0.165. The second-order valence-corrected chi connectivity index (χ2v) is 8.28. The van der Waals surface area contributed by atoms with Gasteiger partial charge in [0.05, 0.1) is 22.4 Å². The van der Waals surface area contributed by atoms with Crippen LogP contribution in [0.5, 0.6) is 0 Å². The van der Waals surface area contributed by atoms with E-state index in [1.54, 1.807) is 18.3 Å². The first-order chi connectivity index (χ1) is 14.0. The van der Waals surface area contributed by atoms with Gasteiger partial charge in [-0.2, -0.15) is 0 Å². The highest BCUT2D eigenvalue weighted by atomic mass is 16.5. The Hall–Kier alpha value is -2.35. The molecule has 2 saturated heterocycles. The van der Waals surface area contributed by atoms with Crippen LogP contribution >= 0.6 is 0 Å². The van der Waals surface area contributed by atoms with Gasteiger partial charge >= 0.3 is 0 Å². The van der Waals surface area contributed by atoms with Crippen molar-refractivity contribution in [3.8, 4) is 0 Å². The highest BCUT2D eigenvalue weighted by Crippen LogP contribution is 2.40. The molecule has 0 aliphatic carbocycles. The molecule has 1 amide bonds. The third kappa shape index (κ3) is 4.17. The van der Waals surface area contributed by atoms with Gasteiger partial charge in [0, 0.05) is 44.8 Å². The number of aliphatic hydroxyl groups excluding tert-OH is 1. The smallest absolute Gasteiger partial charge is 0.253 e. The number of rotatable bonds is 4. The summed E-state index contributed by atoms with van der Waals surface area (Å²) in [7, 11) is 0. The van der Waals surface area contributed by atoms with Gasteiger partial charge in [-0.3, -0.25) is 19.7 Å². The Morgan fingerprint density at radius 1 is 1.24 bits per heavy atom. The van der Waals surface area contributed by atoms with E-state index in [0.717, 1.165) is 38.2 Å². The van der Waals surface area contributed by atoms with Crippen molar-refractivity contribution in [2.24, 2.45) is 0 Å². The van der Waals surface area contributed by atoms with E-state index in [0.29, 0.717) is 18.6 Å². The van der Waals surface area contributed by atoms with Crippen molar-refractivity contribution in [2.75, 3.05) is 19.7 Å². The average molecular weight is 396 g/mol. The molecular weight excluding hydrogens is 368 g/mol. The zero-order valence-corrected chi connectivity index (χ0v) is 16.8. The van der Waals surface area contributed by atoms with Crippen LogP contribution in [-0.4, -0.2) is 62.8 Å². The molecule has 4 rings (SSSR count). The number of carbonyl (C=O) groups is 1. The predicted molar refractivity (Wildman–Crippen MR) is 108 cm³/mol. The number of likely N-dealkylation sites (tertiary alicyclic amines) is 1. The third-order valence-electron chi connectivity index (χ3n) is 6.25. The number of hydrogen-bond acceptors (Lipinski definition) is 6. The van der Waals surface area contributed by atoms with Gasteiger partial charge in [-0.25, -0.2) is 0 Å². The fourth-order valence-corrected chi connectivity index (χ4v) is 4.45. The Bertz CT molecular complexity index is 824. The van der Waals surface area contributed by atoms with Crippen molar-refractivity contribution >= 4 is 5.91 Å². The topological polar surface area (TPSA) is 87.6 Å². The van der Waals surface area contributed by atoms with Crippen molar-refractivity contribution in [3.05, 3.63) is 60.2 Å². The molecule has 2 aliphatic rings. The first-order valence-corrected chi connectivity index (χ1v) is 10.2. The lowest BCUT2D eigenvalue weighted by Gasteiger charge is -2.53. The SMILES string of the molecule is C[C@@]1(NC(=O)c2cccnc2)CCOC2(CCN(Cc3ccccn3)CC2)[C@H]1O. The molecule has 2 aromatic rings. The van der Waals surface area contributed by atoms with E-state index in [1.165, 1.54) is 6.20 Å². The van der Waals surface area contributed by atoms with Crippen molar-refractivity contribution in [3.63, 3.8) is 0 Å². The fraction of sp³-hybridized carbons (Fsp3) is 0.500. The summed E-state index contributed by atoms with van der Waals surface area (Å²) < 4.78 is 6.14. The van der Waals surface area contributed by atoms with E-state index < -0.39 is 17.2 Å². The first-order valence-electron chi connectivity index (χ1n) is 10.2. The zero-order chi connectivity index (χ0) is 20.3. The molecule has 0 radical (unpaired) electrons. The Balaban J connectivity index is 1.42. The number of nitrogens with one attached hydrogen (secondary N) is 1. The molecule has 29 heavy (non-hydrogen) atoms. The average Bonchev–Trinajstić information content (AvgIpc) is 2.75. The zero-order valence-electron chi connectivity index (χ0n) is 16.8. The molecule has 2 atom stereocenters. The van der Waals surface area contributed by atoms with Crippen LogP contribution < -0.4 is 5.32 Å². The molecule has 1 spiro atoms. The maximum Gasteiger partial charge on any atom is 0.253 e. The van der Waals surface area contributed by atoms with Gasteiger partial charge in [0.2, 0.25) is 0 Å². The summed E-state index contributed by atoms with van der Waals surface area (Å²) in [5.74, 6) is -0.218. The lowest BCUT2D eigenvalue weighted by atomic mass is 9.73. The standard InChI is InChI=1S/C22H28N4O3/c1-21(25-19(27)17-5-4-10-23-15-17)9-14-29-22(20(21)28)7-12-26(13-8-22)16-18-6-2-3-11-24-18/h2-6,10-11,15,20,28H,7-9,12-14,16H2,1H3,(H,25,27)/t20-,21+/m0/s1. The highest BCUT2D eigenvalue weighted by molar-refractivity contribution is 5.94. The number of aliphatic hydroxyl groups is 1. The van der Waals surface area contributed by atoms with Crippen LogP contribution in [0.1, 0.15) is 42.2 Å². The largest absolute Gasteiger partial charge is 0.388 e. The van der Waals surface area contributed by atoms with Crippen LogP contribution in [-0.2, 0) is 11.3 Å². The van der Waals surface area contributed by atoms with E-state index in [-0.39, 0.29) is 5.91 Å². The number of aromatic nitrogens is 2.